The first-order valence-electron chi connectivity index (χ1n) is 7.48. The van der Waals surface area contributed by atoms with Crippen molar-refractivity contribution in [1.82, 2.24) is 10.6 Å². The molecular weight excluding hydrogens is 331 g/mol. The van der Waals surface area contributed by atoms with Crippen LogP contribution in [-0.2, 0) is 6.42 Å². The Labute approximate surface area is 144 Å². The molecule has 1 aliphatic carbocycles. The maximum atomic E-state index is 14.4. The summed E-state index contributed by atoms with van der Waals surface area (Å²) in [6.45, 7) is 0. The van der Waals surface area contributed by atoms with E-state index >= 15 is 0 Å². The summed E-state index contributed by atoms with van der Waals surface area (Å²) < 4.78 is 14.4. The van der Waals surface area contributed by atoms with Crippen molar-refractivity contribution in [2.45, 2.75) is 18.9 Å². The number of thiocarbonyl (C=S) groups is 1. The number of fused-ring (bicyclic) bond motifs is 2. The Kier molecular flexibility index (Phi) is 3.58. The number of hydrogen-bond donors (Lipinski definition) is 2. The van der Waals surface area contributed by atoms with Gasteiger partial charge in [0.05, 0.1) is 6.04 Å². The van der Waals surface area contributed by atoms with Gasteiger partial charge in [-0.2, -0.15) is 0 Å². The largest absolute Gasteiger partial charge is 0.352 e. The van der Waals surface area contributed by atoms with E-state index in [-0.39, 0.29) is 11.9 Å². The Morgan fingerprint density at radius 3 is 2.74 bits per heavy atom. The van der Waals surface area contributed by atoms with Crippen molar-refractivity contribution in [1.29, 1.82) is 0 Å². The van der Waals surface area contributed by atoms with Crippen LogP contribution in [0.1, 0.15) is 29.2 Å². The smallest absolute Gasteiger partial charge is 0.171 e. The maximum absolute atomic E-state index is 14.4. The summed E-state index contributed by atoms with van der Waals surface area (Å²) in [5, 5.41) is 7.34. The summed E-state index contributed by atoms with van der Waals surface area (Å²) in [5.41, 5.74) is 4.96. The van der Waals surface area contributed by atoms with Crippen molar-refractivity contribution in [2.75, 3.05) is 0 Å². The van der Waals surface area contributed by atoms with E-state index in [0.29, 0.717) is 15.7 Å². The number of benzene rings is 2. The topological polar surface area (TPSA) is 24.1 Å². The molecule has 0 spiro atoms. The van der Waals surface area contributed by atoms with Crippen LogP contribution in [0.5, 0.6) is 0 Å². The molecule has 1 atom stereocenters. The van der Waals surface area contributed by atoms with Crippen molar-refractivity contribution in [3.8, 4) is 0 Å². The SMILES string of the molecule is Fc1cccc(Cl)c1[C@@H]1NC(=S)NC2=C1CCc1ccccc12. The molecule has 2 aromatic rings. The van der Waals surface area contributed by atoms with E-state index in [9.17, 15) is 4.39 Å². The molecule has 0 saturated heterocycles. The monoisotopic (exact) mass is 344 g/mol. The Hall–Kier alpha value is -1.91. The molecular formula is C18H14ClFN2S. The van der Waals surface area contributed by atoms with Crippen LogP contribution in [0.4, 0.5) is 4.39 Å². The van der Waals surface area contributed by atoms with Crippen LogP contribution in [0.15, 0.2) is 48.0 Å². The minimum Gasteiger partial charge on any atom is -0.352 e. The van der Waals surface area contributed by atoms with Crippen LogP contribution in [0.2, 0.25) is 5.02 Å². The summed E-state index contributed by atoms with van der Waals surface area (Å²) >= 11 is 11.6. The van der Waals surface area contributed by atoms with Crippen LogP contribution >= 0.6 is 23.8 Å². The molecule has 5 heteroatoms. The molecule has 116 valence electrons. The fourth-order valence-corrected chi connectivity index (χ4v) is 3.88. The molecule has 0 fully saturated rings. The first-order valence-corrected chi connectivity index (χ1v) is 8.26. The molecule has 0 unspecified atom stereocenters. The molecule has 0 saturated carbocycles. The van der Waals surface area contributed by atoms with Crippen LogP contribution in [-0.4, -0.2) is 5.11 Å². The average Bonchev–Trinajstić information content (AvgIpc) is 2.54. The molecule has 2 N–H and O–H groups in total. The standard InChI is InChI=1S/C18H14ClFN2S/c19-13-6-3-7-14(20)15(13)17-12-9-8-10-4-1-2-5-11(10)16(12)21-18(23)22-17/h1-7,17H,8-9H2,(H2,21,22,23)/t17-/m1/s1. The number of hydrogen-bond acceptors (Lipinski definition) is 1. The summed E-state index contributed by atoms with van der Waals surface area (Å²) in [6.07, 6.45) is 1.76. The second-order valence-corrected chi connectivity index (χ2v) is 6.54. The fraction of sp³-hybridized carbons (Fsp3) is 0.167. The number of aryl methyl sites for hydroxylation is 1. The lowest BCUT2D eigenvalue weighted by Crippen LogP contribution is -2.44. The molecule has 0 aromatic heterocycles. The third kappa shape index (κ3) is 2.42. The zero-order valence-electron chi connectivity index (χ0n) is 12.2. The van der Waals surface area contributed by atoms with E-state index in [0.717, 1.165) is 29.7 Å². The van der Waals surface area contributed by atoms with Crippen LogP contribution in [0, 0.1) is 5.82 Å². The summed E-state index contributed by atoms with van der Waals surface area (Å²) in [7, 11) is 0. The zero-order chi connectivity index (χ0) is 16.0. The van der Waals surface area contributed by atoms with Crippen molar-refractivity contribution in [2.24, 2.45) is 0 Å². The Morgan fingerprint density at radius 1 is 1.09 bits per heavy atom. The van der Waals surface area contributed by atoms with Crippen molar-refractivity contribution >= 4 is 34.6 Å². The normalized spacial score (nSPS) is 19.6. The molecule has 1 aliphatic heterocycles. The molecule has 0 amide bonds. The Bertz CT molecular complexity index is 826. The molecule has 23 heavy (non-hydrogen) atoms. The van der Waals surface area contributed by atoms with Crippen molar-refractivity contribution < 1.29 is 4.39 Å². The molecule has 2 aromatic carbocycles. The van der Waals surface area contributed by atoms with E-state index in [1.165, 1.54) is 11.6 Å². The highest BCUT2D eigenvalue weighted by Gasteiger charge is 2.33. The van der Waals surface area contributed by atoms with Gasteiger partial charge in [0.2, 0.25) is 0 Å². The fourth-order valence-electron chi connectivity index (χ4n) is 3.39. The molecule has 2 nitrogen and oxygen atoms in total. The van der Waals surface area contributed by atoms with Gasteiger partial charge in [-0.25, -0.2) is 4.39 Å². The van der Waals surface area contributed by atoms with Crippen LogP contribution in [0.3, 0.4) is 0 Å². The van der Waals surface area contributed by atoms with E-state index in [1.807, 2.05) is 12.1 Å². The van der Waals surface area contributed by atoms with Crippen LogP contribution in [0.25, 0.3) is 5.70 Å². The predicted octanol–water partition coefficient (Wildman–Crippen LogP) is 4.36. The van der Waals surface area contributed by atoms with Gasteiger partial charge in [-0.3, -0.25) is 0 Å². The molecule has 2 aliphatic rings. The highest BCUT2D eigenvalue weighted by molar-refractivity contribution is 7.80. The Morgan fingerprint density at radius 2 is 1.91 bits per heavy atom. The quantitative estimate of drug-likeness (QED) is 0.752. The van der Waals surface area contributed by atoms with E-state index in [1.54, 1.807) is 12.1 Å². The van der Waals surface area contributed by atoms with Crippen molar-refractivity contribution in [3.63, 3.8) is 0 Å². The summed E-state index contributed by atoms with van der Waals surface area (Å²) in [6, 6.07) is 12.7. The number of rotatable bonds is 1. The summed E-state index contributed by atoms with van der Waals surface area (Å²) in [5.74, 6) is -0.314. The predicted molar refractivity (Wildman–Crippen MR) is 94.7 cm³/mol. The van der Waals surface area contributed by atoms with E-state index in [4.69, 9.17) is 23.8 Å². The highest BCUT2D eigenvalue weighted by Crippen LogP contribution is 2.41. The average molecular weight is 345 g/mol. The van der Waals surface area contributed by atoms with Crippen LogP contribution < -0.4 is 10.6 Å². The minimum absolute atomic E-state index is 0.314. The van der Waals surface area contributed by atoms with E-state index < -0.39 is 0 Å². The number of halogens is 2. The molecule has 0 bridgehead atoms. The van der Waals surface area contributed by atoms with Crippen molar-refractivity contribution in [3.05, 3.63) is 75.6 Å². The minimum atomic E-state index is -0.333. The van der Waals surface area contributed by atoms with Gasteiger partial charge in [-0.1, -0.05) is 41.9 Å². The van der Waals surface area contributed by atoms with Gasteiger partial charge in [0, 0.05) is 21.8 Å². The second kappa shape index (κ2) is 5.62. The number of nitrogens with one attached hydrogen (secondary N) is 2. The first-order chi connectivity index (χ1) is 11.1. The summed E-state index contributed by atoms with van der Waals surface area (Å²) in [4.78, 5) is 0. The van der Waals surface area contributed by atoms with E-state index in [2.05, 4.69) is 22.8 Å². The molecule has 1 heterocycles. The lowest BCUT2D eigenvalue weighted by molar-refractivity contribution is 0.573. The molecule has 4 rings (SSSR count). The van der Waals surface area contributed by atoms with Gasteiger partial charge < -0.3 is 10.6 Å². The lowest BCUT2D eigenvalue weighted by atomic mass is 9.83. The Balaban J connectivity index is 1.91. The van der Waals surface area contributed by atoms with Gasteiger partial charge in [0.15, 0.2) is 5.11 Å². The highest BCUT2D eigenvalue weighted by atomic mass is 35.5. The van der Waals surface area contributed by atoms with Gasteiger partial charge in [-0.05, 0) is 48.3 Å². The lowest BCUT2D eigenvalue weighted by Gasteiger charge is -2.36. The third-order valence-corrected chi connectivity index (χ3v) is 4.97. The van der Waals surface area contributed by atoms with Gasteiger partial charge in [0.1, 0.15) is 5.82 Å². The third-order valence-electron chi connectivity index (χ3n) is 4.42. The van der Waals surface area contributed by atoms with Gasteiger partial charge in [0.25, 0.3) is 0 Å². The first kappa shape index (κ1) is 14.7. The maximum Gasteiger partial charge on any atom is 0.171 e. The van der Waals surface area contributed by atoms with Gasteiger partial charge >= 0.3 is 0 Å². The second-order valence-electron chi connectivity index (χ2n) is 5.72. The zero-order valence-corrected chi connectivity index (χ0v) is 13.8. The molecule has 0 radical (unpaired) electrons. The van der Waals surface area contributed by atoms with Gasteiger partial charge in [-0.15, -0.1) is 0 Å².